The van der Waals surface area contributed by atoms with E-state index in [0.717, 1.165) is 0 Å². The Morgan fingerprint density at radius 1 is 1.37 bits per heavy atom. The summed E-state index contributed by atoms with van der Waals surface area (Å²) in [6, 6.07) is -1.42. The van der Waals surface area contributed by atoms with Gasteiger partial charge in [-0.1, -0.05) is 6.92 Å². The van der Waals surface area contributed by atoms with Crippen LogP contribution < -0.4 is 10.9 Å². The van der Waals surface area contributed by atoms with Crippen molar-refractivity contribution in [3.63, 3.8) is 0 Å². The normalized spacial score (nSPS) is 25.5. The van der Waals surface area contributed by atoms with Crippen LogP contribution in [0.2, 0.25) is 0 Å². The van der Waals surface area contributed by atoms with Crippen LogP contribution in [-0.2, 0) is 9.59 Å². The highest BCUT2D eigenvalue weighted by atomic mass is 16.5. The summed E-state index contributed by atoms with van der Waals surface area (Å²) in [5.74, 6) is -0.687. The van der Waals surface area contributed by atoms with Crippen molar-refractivity contribution in [3.8, 4) is 0 Å². The van der Waals surface area contributed by atoms with Gasteiger partial charge in [0.25, 0.3) is 5.91 Å². The first-order valence-corrected chi connectivity index (χ1v) is 6.42. The van der Waals surface area contributed by atoms with Crippen molar-refractivity contribution in [2.75, 3.05) is 6.54 Å². The fourth-order valence-electron chi connectivity index (χ4n) is 2.43. The Morgan fingerprint density at radius 2 is 2.11 bits per heavy atom. The summed E-state index contributed by atoms with van der Waals surface area (Å²) in [5, 5.41) is 10.2. The van der Waals surface area contributed by atoms with E-state index in [1.54, 1.807) is 0 Å². The monoisotopic (exact) mass is 270 g/mol. The lowest BCUT2D eigenvalue weighted by atomic mass is 10.0. The molecule has 106 valence electrons. The number of carbonyl (C=O) groups is 3. The highest BCUT2D eigenvalue weighted by Crippen LogP contribution is 2.28. The fraction of sp³-hybridized carbons (Fsp3) is 0.727. The number of hydrogen-bond acceptors (Lipinski definition) is 4. The van der Waals surface area contributed by atoms with Crippen LogP contribution >= 0.6 is 0 Å². The summed E-state index contributed by atoms with van der Waals surface area (Å²) < 4.78 is 0. The lowest BCUT2D eigenvalue weighted by Gasteiger charge is -2.29. The summed E-state index contributed by atoms with van der Waals surface area (Å²) >= 11 is 0. The van der Waals surface area contributed by atoms with E-state index in [0.29, 0.717) is 37.3 Å². The zero-order chi connectivity index (χ0) is 14.0. The molecule has 2 rings (SSSR count). The molecule has 8 heteroatoms. The number of amides is 4. The zero-order valence-corrected chi connectivity index (χ0v) is 10.8. The maximum atomic E-state index is 11.9. The number of nitrogens with one attached hydrogen (secondary N) is 2. The summed E-state index contributed by atoms with van der Waals surface area (Å²) in [7, 11) is 0. The molecule has 0 aromatic rings. The van der Waals surface area contributed by atoms with E-state index in [2.05, 4.69) is 10.9 Å². The molecule has 2 saturated heterocycles. The van der Waals surface area contributed by atoms with E-state index in [-0.39, 0.29) is 11.9 Å². The third kappa shape index (κ3) is 2.62. The predicted molar refractivity (Wildman–Crippen MR) is 63.7 cm³/mol. The van der Waals surface area contributed by atoms with E-state index in [1.165, 1.54) is 4.90 Å². The van der Waals surface area contributed by atoms with Crippen LogP contribution in [0.5, 0.6) is 0 Å². The molecule has 4 amide bonds. The molecule has 8 nitrogen and oxygen atoms in total. The van der Waals surface area contributed by atoms with E-state index >= 15 is 0 Å². The van der Waals surface area contributed by atoms with Crippen molar-refractivity contribution in [2.45, 2.75) is 44.7 Å². The maximum Gasteiger partial charge on any atom is 0.344 e. The first-order chi connectivity index (χ1) is 9.04. The highest BCUT2D eigenvalue weighted by molar-refractivity contribution is 5.89. The summed E-state index contributed by atoms with van der Waals surface area (Å²) in [5.41, 5.74) is 4.64. The van der Waals surface area contributed by atoms with Crippen molar-refractivity contribution in [1.29, 1.82) is 0 Å². The van der Waals surface area contributed by atoms with Gasteiger partial charge in [0.1, 0.15) is 6.04 Å². The minimum atomic E-state index is -0.636. The van der Waals surface area contributed by atoms with Crippen molar-refractivity contribution in [3.05, 3.63) is 0 Å². The van der Waals surface area contributed by atoms with Gasteiger partial charge in [-0.15, -0.1) is 0 Å². The Labute approximate surface area is 110 Å². The van der Waals surface area contributed by atoms with Crippen LogP contribution in [0.1, 0.15) is 32.6 Å². The SMILES string of the molecule is CCCC(=O)NNC(=O)[C@@H]1CCC2CN1C(=O)N2O. The Hall–Kier alpha value is -1.83. The Morgan fingerprint density at radius 3 is 2.79 bits per heavy atom. The van der Waals surface area contributed by atoms with Crippen LogP contribution in [0.15, 0.2) is 0 Å². The molecular weight excluding hydrogens is 252 g/mol. The molecule has 0 radical (unpaired) electrons. The Kier molecular flexibility index (Phi) is 3.89. The topological polar surface area (TPSA) is 102 Å². The minimum Gasteiger partial charge on any atom is -0.309 e. The minimum absolute atomic E-state index is 0.230. The highest BCUT2D eigenvalue weighted by Gasteiger charge is 2.46. The van der Waals surface area contributed by atoms with Crippen LogP contribution in [0.25, 0.3) is 0 Å². The van der Waals surface area contributed by atoms with Crippen LogP contribution in [0.3, 0.4) is 0 Å². The number of carbonyl (C=O) groups excluding carboxylic acids is 3. The van der Waals surface area contributed by atoms with Gasteiger partial charge >= 0.3 is 6.03 Å². The molecule has 1 unspecified atom stereocenters. The first kappa shape index (κ1) is 13.6. The summed E-state index contributed by atoms with van der Waals surface area (Å²) in [6.07, 6.45) is 2.07. The molecule has 2 heterocycles. The first-order valence-electron chi connectivity index (χ1n) is 6.42. The molecule has 2 bridgehead atoms. The van der Waals surface area contributed by atoms with Gasteiger partial charge in [-0.2, -0.15) is 0 Å². The largest absolute Gasteiger partial charge is 0.344 e. The molecule has 0 aromatic carbocycles. The number of hydrogen-bond donors (Lipinski definition) is 3. The van der Waals surface area contributed by atoms with Crippen LogP contribution in [0, 0.1) is 0 Å². The molecule has 0 aliphatic carbocycles. The predicted octanol–water partition coefficient (Wildman–Crippen LogP) is -0.408. The molecule has 3 N–H and O–H groups in total. The second kappa shape index (κ2) is 5.43. The quantitative estimate of drug-likeness (QED) is 0.479. The van der Waals surface area contributed by atoms with E-state index in [9.17, 15) is 19.6 Å². The number of hydrazine groups is 1. The molecule has 0 spiro atoms. The number of piperidine rings is 1. The number of rotatable bonds is 3. The molecular formula is C11H18N4O4. The second-order valence-electron chi connectivity index (χ2n) is 4.81. The lowest BCUT2D eigenvalue weighted by Crippen LogP contribution is -2.54. The number of nitrogens with zero attached hydrogens (tertiary/aromatic N) is 2. The van der Waals surface area contributed by atoms with Gasteiger partial charge in [-0.05, 0) is 19.3 Å². The number of fused-ring (bicyclic) bond motifs is 2. The molecule has 2 aliphatic rings. The van der Waals surface area contributed by atoms with E-state index in [4.69, 9.17) is 0 Å². The molecule has 0 saturated carbocycles. The van der Waals surface area contributed by atoms with Crippen molar-refractivity contribution in [2.24, 2.45) is 0 Å². The van der Waals surface area contributed by atoms with E-state index in [1.807, 2.05) is 6.92 Å². The van der Waals surface area contributed by atoms with Gasteiger partial charge in [0.15, 0.2) is 0 Å². The Bertz CT molecular complexity index is 400. The van der Waals surface area contributed by atoms with Crippen molar-refractivity contribution >= 4 is 17.8 Å². The third-order valence-corrected chi connectivity index (χ3v) is 3.45. The molecule has 2 aliphatic heterocycles. The van der Waals surface area contributed by atoms with Crippen molar-refractivity contribution in [1.82, 2.24) is 20.8 Å². The lowest BCUT2D eigenvalue weighted by molar-refractivity contribution is -0.131. The van der Waals surface area contributed by atoms with E-state index < -0.39 is 18.0 Å². The average Bonchev–Trinajstić information content (AvgIpc) is 2.62. The summed E-state index contributed by atoms with van der Waals surface area (Å²) in [6.45, 7) is 2.21. The molecule has 0 aromatic heterocycles. The molecule has 2 atom stereocenters. The average molecular weight is 270 g/mol. The standard InChI is InChI=1S/C11H18N4O4/c1-2-3-9(16)12-13-10(17)8-5-4-7-6-14(8)11(18)15(7)19/h7-8,19H,2-6H2,1H3,(H,12,16)(H,13,17)/t7?,8-/m0/s1. The Balaban J connectivity index is 1.90. The summed E-state index contributed by atoms with van der Waals surface area (Å²) in [4.78, 5) is 36.2. The second-order valence-corrected chi connectivity index (χ2v) is 4.81. The fourth-order valence-corrected chi connectivity index (χ4v) is 2.43. The smallest absolute Gasteiger partial charge is 0.309 e. The van der Waals surface area contributed by atoms with Gasteiger partial charge < -0.3 is 4.90 Å². The number of urea groups is 1. The molecule has 19 heavy (non-hydrogen) atoms. The van der Waals surface area contributed by atoms with Crippen LogP contribution in [-0.4, -0.2) is 51.6 Å². The van der Waals surface area contributed by atoms with Gasteiger partial charge in [-0.3, -0.25) is 25.6 Å². The number of hydroxylamine groups is 2. The maximum absolute atomic E-state index is 11.9. The van der Waals surface area contributed by atoms with Gasteiger partial charge in [0.2, 0.25) is 5.91 Å². The molecule has 2 fully saturated rings. The van der Waals surface area contributed by atoms with Gasteiger partial charge in [-0.25, -0.2) is 9.86 Å². The van der Waals surface area contributed by atoms with Gasteiger partial charge in [0.05, 0.1) is 6.04 Å². The van der Waals surface area contributed by atoms with Gasteiger partial charge in [0, 0.05) is 13.0 Å². The zero-order valence-electron chi connectivity index (χ0n) is 10.8. The van der Waals surface area contributed by atoms with Crippen molar-refractivity contribution < 1.29 is 19.6 Å². The third-order valence-electron chi connectivity index (χ3n) is 3.45. The van der Waals surface area contributed by atoms with Crippen LogP contribution in [0.4, 0.5) is 4.79 Å².